The Labute approximate surface area is 315 Å². The van der Waals surface area contributed by atoms with E-state index in [0.717, 1.165) is 0 Å². The highest BCUT2D eigenvalue weighted by Crippen LogP contribution is 2.59. The molecule has 0 saturated heterocycles. The first kappa shape index (κ1) is 34.4. The molecule has 0 aromatic heterocycles. The molecule has 8 aromatic rings. The zero-order valence-corrected chi connectivity index (χ0v) is 32.1. The van der Waals surface area contributed by atoms with Crippen molar-refractivity contribution in [2.45, 2.75) is 59.3 Å². The minimum atomic E-state index is -0.349. The number of fused-ring (bicyclic) bond motifs is 8. The summed E-state index contributed by atoms with van der Waals surface area (Å²) in [6.07, 6.45) is 0. The molecule has 2 aliphatic rings. The molecule has 260 valence electrons. The van der Waals surface area contributed by atoms with Gasteiger partial charge in [-0.1, -0.05) is 175 Å². The third-order valence-corrected chi connectivity index (χ3v) is 11.7. The second-order valence-corrected chi connectivity index (χ2v) is 14.7. The van der Waals surface area contributed by atoms with Gasteiger partial charge >= 0.3 is 0 Å². The lowest BCUT2D eigenvalue weighted by molar-refractivity contribution is 0.656. The fourth-order valence-corrected chi connectivity index (χ4v) is 9.09. The summed E-state index contributed by atoms with van der Waals surface area (Å²) in [6, 6.07) is 61.5. The largest absolute Gasteiger partial charge is 0.0683 e. The van der Waals surface area contributed by atoms with E-state index in [0.29, 0.717) is 0 Å². The predicted octanol–water partition coefficient (Wildman–Crippen LogP) is 15.0. The van der Waals surface area contributed by atoms with E-state index in [1.807, 2.05) is 27.7 Å². The van der Waals surface area contributed by atoms with Crippen LogP contribution in [0, 0.1) is 0 Å². The average molecular weight is 685 g/mol. The van der Waals surface area contributed by atoms with Crippen molar-refractivity contribution in [1.29, 1.82) is 0 Å². The molecule has 8 aromatic carbocycles. The minimum absolute atomic E-state index is 0.120. The SMILES string of the molecule is CC.CC.CC1(C)c2ccccc2-c2c1cc(-c1ccc3ccccc3c1)cc2C1(C)c2ccccc2-c2cc(-c3ccc4ccccc4c3)ccc21. The molecule has 0 heteroatoms. The summed E-state index contributed by atoms with van der Waals surface area (Å²) >= 11 is 0. The molecule has 1 atom stereocenters. The van der Waals surface area contributed by atoms with Crippen molar-refractivity contribution < 1.29 is 0 Å². The molecule has 1 unspecified atom stereocenters. The Bertz CT molecular complexity index is 2650. The molecule has 0 spiro atoms. The van der Waals surface area contributed by atoms with Crippen LogP contribution in [-0.2, 0) is 10.8 Å². The summed E-state index contributed by atoms with van der Waals surface area (Å²) in [5.41, 5.74) is 17.0. The van der Waals surface area contributed by atoms with Crippen molar-refractivity contribution in [2.24, 2.45) is 0 Å². The van der Waals surface area contributed by atoms with Gasteiger partial charge in [-0.3, -0.25) is 0 Å². The zero-order valence-electron chi connectivity index (χ0n) is 32.1. The topological polar surface area (TPSA) is 0 Å². The third kappa shape index (κ3) is 5.27. The Morgan fingerprint density at radius 1 is 0.302 bits per heavy atom. The first-order chi connectivity index (χ1) is 25.9. The molecule has 53 heavy (non-hydrogen) atoms. The fourth-order valence-electron chi connectivity index (χ4n) is 9.09. The summed E-state index contributed by atoms with van der Waals surface area (Å²) in [5, 5.41) is 5.09. The van der Waals surface area contributed by atoms with E-state index in [4.69, 9.17) is 0 Å². The van der Waals surface area contributed by atoms with Gasteiger partial charge in [-0.2, -0.15) is 0 Å². The van der Waals surface area contributed by atoms with Crippen molar-refractivity contribution in [3.05, 3.63) is 192 Å². The van der Waals surface area contributed by atoms with Crippen molar-refractivity contribution in [3.8, 4) is 44.5 Å². The van der Waals surface area contributed by atoms with Gasteiger partial charge < -0.3 is 0 Å². The average Bonchev–Trinajstić information content (AvgIpc) is 3.62. The van der Waals surface area contributed by atoms with Crippen LogP contribution in [0.25, 0.3) is 66.1 Å². The van der Waals surface area contributed by atoms with Crippen LogP contribution in [0.5, 0.6) is 0 Å². The standard InChI is InChI=1S/C49H36.2C2H6/c1-48(2)42-18-10-9-17-40(42)47-45(48)29-38(36-23-21-32-13-5-7-15-34(32)27-36)30-46(47)49(3)43-19-11-8-16-39(43)41-28-37(24-25-44(41)49)35-22-20-31-12-4-6-14-33(31)26-35;2*1-2/h4-30H,1-3H3;2*1-2H3. The van der Waals surface area contributed by atoms with Crippen LogP contribution in [0.1, 0.15) is 76.3 Å². The third-order valence-electron chi connectivity index (χ3n) is 11.7. The van der Waals surface area contributed by atoms with Gasteiger partial charge in [-0.15, -0.1) is 0 Å². The number of hydrogen-bond acceptors (Lipinski definition) is 0. The van der Waals surface area contributed by atoms with Crippen molar-refractivity contribution in [3.63, 3.8) is 0 Å². The predicted molar refractivity (Wildman–Crippen MR) is 230 cm³/mol. The Kier molecular flexibility index (Phi) is 8.66. The maximum atomic E-state index is 2.52. The van der Waals surface area contributed by atoms with Gasteiger partial charge in [0.25, 0.3) is 0 Å². The Morgan fingerprint density at radius 3 is 1.40 bits per heavy atom. The molecular formula is C53H48. The molecule has 0 saturated carbocycles. The molecule has 0 N–H and O–H groups in total. The monoisotopic (exact) mass is 684 g/mol. The highest BCUT2D eigenvalue weighted by atomic mass is 14.5. The molecule has 0 fully saturated rings. The van der Waals surface area contributed by atoms with Crippen LogP contribution < -0.4 is 0 Å². The quantitative estimate of drug-likeness (QED) is 0.174. The van der Waals surface area contributed by atoms with Gasteiger partial charge in [0.2, 0.25) is 0 Å². The van der Waals surface area contributed by atoms with E-state index in [-0.39, 0.29) is 10.8 Å². The van der Waals surface area contributed by atoms with E-state index in [2.05, 4.69) is 185 Å². The second-order valence-electron chi connectivity index (χ2n) is 14.7. The maximum absolute atomic E-state index is 2.52. The lowest BCUT2D eigenvalue weighted by Gasteiger charge is -2.32. The summed E-state index contributed by atoms with van der Waals surface area (Å²) < 4.78 is 0. The van der Waals surface area contributed by atoms with Crippen LogP contribution >= 0.6 is 0 Å². The molecule has 0 radical (unpaired) electrons. The van der Waals surface area contributed by atoms with Crippen molar-refractivity contribution in [2.75, 3.05) is 0 Å². The Balaban J connectivity index is 0.000000969. The minimum Gasteiger partial charge on any atom is -0.0683 e. The fraction of sp³-hybridized carbons (Fsp3) is 0.170. The van der Waals surface area contributed by atoms with Gasteiger partial charge in [0, 0.05) is 10.8 Å². The molecule has 10 rings (SSSR count). The molecule has 0 aliphatic heterocycles. The van der Waals surface area contributed by atoms with E-state index < -0.39 is 0 Å². The van der Waals surface area contributed by atoms with Gasteiger partial charge in [0.15, 0.2) is 0 Å². The summed E-state index contributed by atoms with van der Waals surface area (Å²) in [4.78, 5) is 0. The Morgan fingerprint density at radius 2 is 0.755 bits per heavy atom. The molecule has 0 bridgehead atoms. The normalized spacial score (nSPS) is 15.7. The lowest BCUT2D eigenvalue weighted by Crippen LogP contribution is -2.24. The van der Waals surface area contributed by atoms with Gasteiger partial charge in [-0.25, -0.2) is 0 Å². The molecular weight excluding hydrogens is 637 g/mol. The van der Waals surface area contributed by atoms with Crippen LogP contribution in [0.3, 0.4) is 0 Å². The maximum Gasteiger partial charge on any atom is 0.0442 e. The van der Waals surface area contributed by atoms with Crippen LogP contribution in [0.15, 0.2) is 164 Å². The zero-order chi connectivity index (χ0) is 36.9. The second kappa shape index (κ2) is 13.4. The van der Waals surface area contributed by atoms with Crippen LogP contribution in [0.2, 0.25) is 0 Å². The Hall–Kier alpha value is -5.72. The molecule has 0 heterocycles. The van der Waals surface area contributed by atoms with Crippen LogP contribution in [-0.4, -0.2) is 0 Å². The number of hydrogen-bond donors (Lipinski definition) is 0. The van der Waals surface area contributed by atoms with Crippen molar-refractivity contribution >= 4 is 21.5 Å². The summed E-state index contributed by atoms with van der Waals surface area (Å²) in [6.45, 7) is 15.3. The van der Waals surface area contributed by atoms with E-state index >= 15 is 0 Å². The summed E-state index contributed by atoms with van der Waals surface area (Å²) in [7, 11) is 0. The first-order valence-corrected chi connectivity index (χ1v) is 19.4. The van der Waals surface area contributed by atoms with E-state index in [1.54, 1.807) is 0 Å². The van der Waals surface area contributed by atoms with Gasteiger partial charge in [-0.05, 0) is 131 Å². The van der Waals surface area contributed by atoms with Gasteiger partial charge in [0.1, 0.15) is 0 Å². The number of benzene rings is 8. The highest BCUT2D eigenvalue weighted by molar-refractivity contribution is 5.95. The van der Waals surface area contributed by atoms with E-state index in [1.165, 1.54) is 93.9 Å². The smallest absolute Gasteiger partial charge is 0.0442 e. The molecule has 0 nitrogen and oxygen atoms in total. The van der Waals surface area contributed by atoms with Crippen molar-refractivity contribution in [1.82, 2.24) is 0 Å². The first-order valence-electron chi connectivity index (χ1n) is 19.4. The lowest BCUT2D eigenvalue weighted by atomic mass is 9.70. The molecule has 0 amide bonds. The number of rotatable bonds is 3. The highest BCUT2D eigenvalue weighted by Gasteiger charge is 2.46. The van der Waals surface area contributed by atoms with E-state index in [9.17, 15) is 0 Å². The summed E-state index contributed by atoms with van der Waals surface area (Å²) in [5.74, 6) is 0. The van der Waals surface area contributed by atoms with Gasteiger partial charge in [0.05, 0.1) is 0 Å². The molecule has 2 aliphatic carbocycles. The van der Waals surface area contributed by atoms with Crippen LogP contribution in [0.4, 0.5) is 0 Å².